The Morgan fingerprint density at radius 2 is 1.85 bits per heavy atom. The molecule has 0 radical (unpaired) electrons. The van der Waals surface area contributed by atoms with Gasteiger partial charge in [0.25, 0.3) is 0 Å². The van der Waals surface area contributed by atoms with Crippen molar-refractivity contribution in [2.75, 3.05) is 0 Å². The van der Waals surface area contributed by atoms with Crippen molar-refractivity contribution in [3.8, 4) is 0 Å². The second kappa shape index (κ2) is 7.17. The Bertz CT molecular complexity index is 140. The summed E-state index contributed by atoms with van der Waals surface area (Å²) in [7, 11) is 0. The van der Waals surface area contributed by atoms with Crippen LogP contribution in [0, 0.1) is 11.8 Å². The summed E-state index contributed by atoms with van der Waals surface area (Å²) in [5.41, 5.74) is 1.47. The molecule has 0 N–H and O–H groups in total. The zero-order valence-corrected chi connectivity index (χ0v) is 10.1. The van der Waals surface area contributed by atoms with Gasteiger partial charge in [-0.25, -0.2) is 0 Å². The van der Waals surface area contributed by atoms with Gasteiger partial charge >= 0.3 is 0 Å². The molecule has 0 bridgehead atoms. The first-order valence-corrected chi connectivity index (χ1v) is 5.75. The van der Waals surface area contributed by atoms with Crippen LogP contribution in [0.25, 0.3) is 0 Å². The molecule has 0 rings (SSSR count). The van der Waals surface area contributed by atoms with Gasteiger partial charge in [0, 0.05) is 0 Å². The Kier molecular flexibility index (Phi) is 7.03. The largest absolute Gasteiger partial charge is 0.0828 e. The third-order valence-corrected chi connectivity index (χ3v) is 2.58. The molecule has 0 aromatic rings. The lowest BCUT2D eigenvalue weighted by Crippen LogP contribution is -2.03. The lowest BCUT2D eigenvalue weighted by molar-refractivity contribution is 0.410. The Morgan fingerprint density at radius 1 is 1.23 bits per heavy atom. The molecular weight excluding hydrogens is 156 g/mol. The molecule has 0 aliphatic rings. The van der Waals surface area contributed by atoms with Gasteiger partial charge in [-0.3, -0.25) is 0 Å². The van der Waals surface area contributed by atoms with Crippen LogP contribution in [0.1, 0.15) is 60.3 Å². The molecule has 0 fully saturated rings. The highest BCUT2D eigenvalue weighted by atomic mass is 14.1. The first-order valence-electron chi connectivity index (χ1n) is 5.75. The van der Waals surface area contributed by atoms with E-state index in [1.54, 1.807) is 0 Å². The summed E-state index contributed by atoms with van der Waals surface area (Å²) < 4.78 is 0. The van der Waals surface area contributed by atoms with Gasteiger partial charge in [-0.2, -0.15) is 0 Å². The molecule has 0 nitrogen and oxygen atoms in total. The average Bonchev–Trinajstić information content (AvgIpc) is 2.02. The van der Waals surface area contributed by atoms with Gasteiger partial charge in [0.15, 0.2) is 0 Å². The molecule has 0 aromatic carbocycles. The SMILES string of the molecule is CCCC(C)CC(C=C(C)C)CC. The molecule has 0 aliphatic heterocycles. The maximum Gasteiger partial charge on any atom is -0.0231 e. The van der Waals surface area contributed by atoms with Gasteiger partial charge in [0.1, 0.15) is 0 Å². The van der Waals surface area contributed by atoms with E-state index >= 15 is 0 Å². The molecule has 0 amide bonds. The predicted octanol–water partition coefficient (Wildman–Crippen LogP) is 4.81. The smallest absolute Gasteiger partial charge is 0.0231 e. The first kappa shape index (κ1) is 12.7. The molecule has 2 atom stereocenters. The Morgan fingerprint density at radius 3 is 2.23 bits per heavy atom. The van der Waals surface area contributed by atoms with Crippen LogP contribution in [0.5, 0.6) is 0 Å². The quantitative estimate of drug-likeness (QED) is 0.517. The van der Waals surface area contributed by atoms with E-state index < -0.39 is 0 Å². The summed E-state index contributed by atoms with van der Waals surface area (Å²) in [6.07, 6.45) is 7.81. The monoisotopic (exact) mass is 182 g/mol. The van der Waals surface area contributed by atoms with Gasteiger partial charge in [0.05, 0.1) is 0 Å². The molecule has 0 saturated heterocycles. The molecule has 2 unspecified atom stereocenters. The summed E-state index contributed by atoms with van der Waals surface area (Å²) in [6.45, 7) is 11.4. The second-order valence-corrected chi connectivity index (χ2v) is 4.54. The Labute approximate surface area is 84.4 Å². The molecule has 13 heavy (non-hydrogen) atoms. The van der Waals surface area contributed by atoms with E-state index in [4.69, 9.17) is 0 Å². The molecule has 0 aliphatic carbocycles. The van der Waals surface area contributed by atoms with Gasteiger partial charge in [0.2, 0.25) is 0 Å². The highest BCUT2D eigenvalue weighted by molar-refractivity contribution is 4.97. The zero-order valence-electron chi connectivity index (χ0n) is 10.1. The number of allylic oxidation sites excluding steroid dienone is 2. The molecule has 0 spiro atoms. The normalized spacial score (nSPS) is 15.2. The molecule has 0 saturated carbocycles. The maximum atomic E-state index is 2.44. The van der Waals surface area contributed by atoms with Gasteiger partial charge in [-0.05, 0) is 38.5 Å². The lowest BCUT2D eigenvalue weighted by atomic mass is 9.90. The van der Waals surface area contributed by atoms with Crippen LogP contribution in [0.3, 0.4) is 0 Å². The van der Waals surface area contributed by atoms with Crippen LogP contribution in [-0.4, -0.2) is 0 Å². The van der Waals surface area contributed by atoms with E-state index in [1.165, 1.54) is 31.3 Å². The van der Waals surface area contributed by atoms with Gasteiger partial charge < -0.3 is 0 Å². The Balaban J connectivity index is 3.90. The second-order valence-electron chi connectivity index (χ2n) is 4.54. The van der Waals surface area contributed by atoms with Crippen molar-refractivity contribution in [3.63, 3.8) is 0 Å². The van der Waals surface area contributed by atoms with Crippen LogP contribution >= 0.6 is 0 Å². The van der Waals surface area contributed by atoms with E-state index in [0.717, 1.165) is 11.8 Å². The molecule has 0 aromatic heterocycles. The van der Waals surface area contributed by atoms with Crippen LogP contribution in [0.2, 0.25) is 0 Å². The van der Waals surface area contributed by atoms with Crippen LogP contribution in [0.15, 0.2) is 11.6 Å². The Hall–Kier alpha value is -0.260. The summed E-state index contributed by atoms with van der Waals surface area (Å²) in [6, 6.07) is 0. The minimum atomic E-state index is 0.812. The van der Waals surface area contributed by atoms with E-state index in [2.05, 4.69) is 40.7 Å². The number of hydrogen-bond donors (Lipinski definition) is 0. The fourth-order valence-electron chi connectivity index (χ4n) is 1.95. The molecule has 0 heteroatoms. The summed E-state index contributed by atoms with van der Waals surface area (Å²) >= 11 is 0. The topological polar surface area (TPSA) is 0 Å². The molecular formula is C13H26. The van der Waals surface area contributed by atoms with Crippen molar-refractivity contribution in [2.45, 2.75) is 60.3 Å². The fourth-order valence-corrected chi connectivity index (χ4v) is 1.95. The third kappa shape index (κ3) is 6.86. The summed E-state index contributed by atoms with van der Waals surface area (Å²) in [4.78, 5) is 0. The first-order chi connectivity index (χ1) is 6.10. The van der Waals surface area contributed by atoms with E-state index in [1.807, 2.05) is 0 Å². The standard InChI is InChI=1S/C13H26/c1-6-8-12(5)10-13(7-2)9-11(3)4/h9,12-13H,6-8,10H2,1-5H3. The van der Waals surface area contributed by atoms with Crippen LogP contribution < -0.4 is 0 Å². The minimum Gasteiger partial charge on any atom is -0.0828 e. The van der Waals surface area contributed by atoms with Gasteiger partial charge in [-0.1, -0.05) is 45.3 Å². The van der Waals surface area contributed by atoms with Gasteiger partial charge in [-0.15, -0.1) is 0 Å². The van der Waals surface area contributed by atoms with Crippen LogP contribution in [-0.2, 0) is 0 Å². The zero-order chi connectivity index (χ0) is 10.3. The van der Waals surface area contributed by atoms with E-state index in [9.17, 15) is 0 Å². The van der Waals surface area contributed by atoms with E-state index in [0.29, 0.717) is 0 Å². The highest BCUT2D eigenvalue weighted by Gasteiger charge is 2.08. The molecule has 0 heterocycles. The fraction of sp³-hybridized carbons (Fsp3) is 0.846. The lowest BCUT2D eigenvalue weighted by Gasteiger charge is -2.16. The van der Waals surface area contributed by atoms with Crippen molar-refractivity contribution in [1.29, 1.82) is 0 Å². The van der Waals surface area contributed by atoms with E-state index in [-0.39, 0.29) is 0 Å². The average molecular weight is 182 g/mol. The minimum absolute atomic E-state index is 0.812. The number of rotatable bonds is 6. The van der Waals surface area contributed by atoms with Crippen molar-refractivity contribution < 1.29 is 0 Å². The van der Waals surface area contributed by atoms with Crippen molar-refractivity contribution in [3.05, 3.63) is 11.6 Å². The van der Waals surface area contributed by atoms with Crippen molar-refractivity contribution >= 4 is 0 Å². The highest BCUT2D eigenvalue weighted by Crippen LogP contribution is 2.21. The van der Waals surface area contributed by atoms with Crippen molar-refractivity contribution in [2.24, 2.45) is 11.8 Å². The summed E-state index contributed by atoms with van der Waals surface area (Å²) in [5.74, 6) is 1.71. The predicted molar refractivity (Wildman–Crippen MR) is 61.9 cm³/mol. The number of hydrogen-bond acceptors (Lipinski definition) is 0. The maximum absolute atomic E-state index is 2.44. The molecule has 78 valence electrons. The third-order valence-electron chi connectivity index (χ3n) is 2.58. The van der Waals surface area contributed by atoms with Crippen LogP contribution in [0.4, 0.5) is 0 Å². The summed E-state index contributed by atoms with van der Waals surface area (Å²) in [5, 5.41) is 0. The van der Waals surface area contributed by atoms with Crippen molar-refractivity contribution in [1.82, 2.24) is 0 Å².